The molecule has 2 aromatic rings. The SMILES string of the molecule is CCCCCCCCC(O)c1ccc2cccnc2c1. The highest BCUT2D eigenvalue weighted by Crippen LogP contribution is 2.23. The molecule has 1 atom stereocenters. The van der Waals surface area contributed by atoms with Gasteiger partial charge in [-0.15, -0.1) is 0 Å². The molecule has 0 saturated carbocycles. The van der Waals surface area contributed by atoms with Crippen molar-refractivity contribution in [1.29, 1.82) is 0 Å². The van der Waals surface area contributed by atoms with Gasteiger partial charge in [-0.05, 0) is 24.1 Å². The van der Waals surface area contributed by atoms with Crippen molar-refractivity contribution in [1.82, 2.24) is 4.98 Å². The molecule has 0 fully saturated rings. The molecule has 0 aliphatic carbocycles. The topological polar surface area (TPSA) is 33.1 Å². The summed E-state index contributed by atoms with van der Waals surface area (Å²) in [5.41, 5.74) is 1.96. The number of rotatable bonds is 8. The van der Waals surface area contributed by atoms with Gasteiger partial charge in [0.15, 0.2) is 0 Å². The van der Waals surface area contributed by atoms with Crippen LogP contribution < -0.4 is 0 Å². The Morgan fingerprint density at radius 2 is 1.85 bits per heavy atom. The summed E-state index contributed by atoms with van der Waals surface area (Å²) >= 11 is 0. The summed E-state index contributed by atoms with van der Waals surface area (Å²) in [6, 6.07) is 10.1. The average Bonchev–Trinajstić information content (AvgIpc) is 2.50. The van der Waals surface area contributed by atoms with E-state index in [1.165, 1.54) is 32.1 Å². The number of benzene rings is 1. The Kier molecular flexibility index (Phi) is 6.00. The quantitative estimate of drug-likeness (QED) is 0.684. The lowest BCUT2D eigenvalue weighted by Gasteiger charge is -2.11. The van der Waals surface area contributed by atoms with Gasteiger partial charge in [0.25, 0.3) is 0 Å². The van der Waals surface area contributed by atoms with Crippen molar-refractivity contribution in [3.05, 3.63) is 42.1 Å². The van der Waals surface area contributed by atoms with Crippen LogP contribution >= 0.6 is 0 Å². The molecule has 2 nitrogen and oxygen atoms in total. The molecule has 1 heterocycles. The third-order valence-corrected chi connectivity index (χ3v) is 3.85. The number of hydrogen-bond donors (Lipinski definition) is 1. The molecule has 2 rings (SSSR count). The van der Waals surface area contributed by atoms with Crippen molar-refractivity contribution in [2.24, 2.45) is 0 Å². The number of nitrogens with zero attached hydrogens (tertiary/aromatic N) is 1. The Morgan fingerprint density at radius 1 is 1.05 bits per heavy atom. The minimum Gasteiger partial charge on any atom is -0.388 e. The largest absolute Gasteiger partial charge is 0.388 e. The fourth-order valence-corrected chi connectivity index (χ4v) is 2.58. The lowest BCUT2D eigenvalue weighted by Crippen LogP contribution is -1.97. The van der Waals surface area contributed by atoms with Crippen LogP contribution in [-0.4, -0.2) is 10.1 Å². The van der Waals surface area contributed by atoms with E-state index in [1.807, 2.05) is 30.3 Å². The predicted molar refractivity (Wildman–Crippen MR) is 84.7 cm³/mol. The van der Waals surface area contributed by atoms with Crippen molar-refractivity contribution in [2.75, 3.05) is 0 Å². The van der Waals surface area contributed by atoms with E-state index in [4.69, 9.17) is 0 Å². The van der Waals surface area contributed by atoms with E-state index in [-0.39, 0.29) is 6.10 Å². The van der Waals surface area contributed by atoms with Crippen LogP contribution in [0.1, 0.15) is 63.5 Å². The van der Waals surface area contributed by atoms with E-state index in [0.717, 1.165) is 29.3 Å². The molecule has 1 N–H and O–H groups in total. The number of unbranched alkanes of at least 4 members (excludes halogenated alkanes) is 5. The molecule has 0 bridgehead atoms. The van der Waals surface area contributed by atoms with Gasteiger partial charge in [-0.2, -0.15) is 0 Å². The van der Waals surface area contributed by atoms with Crippen LogP contribution in [0.15, 0.2) is 36.5 Å². The van der Waals surface area contributed by atoms with Crippen LogP contribution in [0.2, 0.25) is 0 Å². The summed E-state index contributed by atoms with van der Waals surface area (Å²) < 4.78 is 0. The second-order valence-electron chi connectivity index (χ2n) is 5.53. The fourth-order valence-electron chi connectivity index (χ4n) is 2.58. The average molecular weight is 271 g/mol. The Hall–Kier alpha value is -1.41. The number of hydrogen-bond acceptors (Lipinski definition) is 2. The fraction of sp³-hybridized carbons (Fsp3) is 0.500. The zero-order valence-corrected chi connectivity index (χ0v) is 12.4. The van der Waals surface area contributed by atoms with Gasteiger partial charge in [0.2, 0.25) is 0 Å². The minimum atomic E-state index is -0.354. The molecule has 1 aromatic heterocycles. The first-order valence-corrected chi connectivity index (χ1v) is 7.84. The molecule has 20 heavy (non-hydrogen) atoms. The maximum Gasteiger partial charge on any atom is 0.0790 e. The van der Waals surface area contributed by atoms with Gasteiger partial charge in [-0.1, -0.05) is 63.6 Å². The summed E-state index contributed by atoms with van der Waals surface area (Å²) in [5.74, 6) is 0. The number of pyridine rings is 1. The Labute approximate surface area is 121 Å². The van der Waals surface area contributed by atoms with Crippen LogP contribution in [0.25, 0.3) is 10.9 Å². The molecule has 0 aliphatic rings. The minimum absolute atomic E-state index is 0.354. The highest BCUT2D eigenvalue weighted by Gasteiger charge is 2.08. The van der Waals surface area contributed by atoms with Gasteiger partial charge in [-0.3, -0.25) is 4.98 Å². The van der Waals surface area contributed by atoms with Crippen LogP contribution in [0, 0.1) is 0 Å². The van der Waals surface area contributed by atoms with E-state index < -0.39 is 0 Å². The Bertz CT molecular complexity index is 524. The van der Waals surface area contributed by atoms with E-state index >= 15 is 0 Å². The van der Waals surface area contributed by atoms with Gasteiger partial charge in [0.1, 0.15) is 0 Å². The molecule has 0 spiro atoms. The number of fused-ring (bicyclic) bond motifs is 1. The third-order valence-electron chi connectivity index (χ3n) is 3.85. The molecule has 0 radical (unpaired) electrons. The normalized spacial score (nSPS) is 12.7. The number of aliphatic hydroxyl groups is 1. The molecule has 108 valence electrons. The van der Waals surface area contributed by atoms with E-state index in [2.05, 4.69) is 11.9 Å². The van der Waals surface area contributed by atoms with Gasteiger partial charge in [0.05, 0.1) is 11.6 Å². The van der Waals surface area contributed by atoms with E-state index in [9.17, 15) is 5.11 Å². The molecule has 1 aromatic carbocycles. The van der Waals surface area contributed by atoms with Gasteiger partial charge in [0, 0.05) is 11.6 Å². The smallest absolute Gasteiger partial charge is 0.0790 e. The highest BCUT2D eigenvalue weighted by molar-refractivity contribution is 5.78. The zero-order chi connectivity index (χ0) is 14.2. The molecular formula is C18H25NO. The van der Waals surface area contributed by atoms with Gasteiger partial charge in [-0.25, -0.2) is 0 Å². The third kappa shape index (κ3) is 4.31. The Morgan fingerprint density at radius 3 is 2.70 bits per heavy atom. The van der Waals surface area contributed by atoms with Crippen LogP contribution in [0.4, 0.5) is 0 Å². The molecule has 1 unspecified atom stereocenters. The standard InChI is InChI=1S/C18H25NO/c1-2-3-4-5-6-7-10-18(20)16-12-11-15-9-8-13-19-17(15)14-16/h8-9,11-14,18,20H,2-7,10H2,1H3. The van der Waals surface area contributed by atoms with Crippen molar-refractivity contribution < 1.29 is 5.11 Å². The summed E-state index contributed by atoms with van der Waals surface area (Å²) in [7, 11) is 0. The maximum absolute atomic E-state index is 10.3. The lowest BCUT2D eigenvalue weighted by molar-refractivity contribution is 0.163. The summed E-state index contributed by atoms with van der Waals surface area (Å²) in [6.07, 6.45) is 9.86. The second kappa shape index (κ2) is 8.01. The first-order valence-electron chi connectivity index (χ1n) is 7.84. The summed E-state index contributed by atoms with van der Waals surface area (Å²) in [6.45, 7) is 2.23. The second-order valence-corrected chi connectivity index (χ2v) is 5.53. The zero-order valence-electron chi connectivity index (χ0n) is 12.4. The number of aliphatic hydroxyl groups excluding tert-OH is 1. The van der Waals surface area contributed by atoms with E-state index in [1.54, 1.807) is 6.20 Å². The molecule has 0 saturated heterocycles. The first kappa shape index (κ1) is 15.0. The highest BCUT2D eigenvalue weighted by atomic mass is 16.3. The van der Waals surface area contributed by atoms with Crippen LogP contribution in [0.3, 0.4) is 0 Å². The van der Waals surface area contributed by atoms with Crippen molar-refractivity contribution in [3.8, 4) is 0 Å². The molecule has 0 aliphatic heterocycles. The van der Waals surface area contributed by atoms with Crippen molar-refractivity contribution in [3.63, 3.8) is 0 Å². The first-order chi connectivity index (χ1) is 9.81. The summed E-state index contributed by atoms with van der Waals surface area (Å²) in [5, 5.41) is 11.4. The van der Waals surface area contributed by atoms with Crippen molar-refractivity contribution >= 4 is 10.9 Å². The molecule has 0 amide bonds. The van der Waals surface area contributed by atoms with Gasteiger partial charge >= 0.3 is 0 Å². The predicted octanol–water partition coefficient (Wildman–Crippen LogP) is 5.02. The van der Waals surface area contributed by atoms with E-state index in [0.29, 0.717) is 0 Å². The summed E-state index contributed by atoms with van der Waals surface area (Å²) in [4.78, 5) is 4.34. The number of aromatic nitrogens is 1. The van der Waals surface area contributed by atoms with Crippen molar-refractivity contribution in [2.45, 2.75) is 58.0 Å². The lowest BCUT2D eigenvalue weighted by atomic mass is 10.0. The monoisotopic (exact) mass is 271 g/mol. The molecule has 2 heteroatoms. The van der Waals surface area contributed by atoms with Crippen LogP contribution in [0.5, 0.6) is 0 Å². The molecular weight excluding hydrogens is 246 g/mol. The van der Waals surface area contributed by atoms with Crippen LogP contribution in [-0.2, 0) is 0 Å². The maximum atomic E-state index is 10.3. The van der Waals surface area contributed by atoms with Gasteiger partial charge < -0.3 is 5.11 Å². The Balaban J connectivity index is 1.83.